The number of nitrogens with zero attached hydrogens (tertiary/aromatic N) is 3. The molecule has 1 heterocycles. The average Bonchev–Trinajstić information content (AvgIpc) is 3.30. The Morgan fingerprint density at radius 3 is 2.49 bits per heavy atom. The summed E-state index contributed by atoms with van der Waals surface area (Å²) in [5.41, 5.74) is 1.85. The Balaban J connectivity index is 1.50. The van der Waals surface area contributed by atoms with Crippen molar-refractivity contribution in [2.45, 2.75) is 31.7 Å². The Morgan fingerprint density at radius 2 is 1.77 bits per heavy atom. The fourth-order valence-electron chi connectivity index (χ4n) is 3.21. The van der Waals surface area contributed by atoms with Crippen LogP contribution in [0.15, 0.2) is 59.8 Å². The molecule has 0 aliphatic carbocycles. The number of methoxy groups -OCH3 is 2. The summed E-state index contributed by atoms with van der Waals surface area (Å²) in [5, 5.41) is 14.7. The van der Waals surface area contributed by atoms with Crippen molar-refractivity contribution >= 4 is 29.7 Å². The zero-order chi connectivity index (χ0) is 25.0. The number of rotatable bonds is 12. The van der Waals surface area contributed by atoms with Crippen LogP contribution in [0.2, 0.25) is 0 Å². The van der Waals surface area contributed by atoms with Gasteiger partial charge >= 0.3 is 0 Å². The second-order valence-corrected chi connectivity index (χ2v) is 8.30. The number of nitrogens with one attached hydrogen (secondary N) is 2. The van der Waals surface area contributed by atoms with Gasteiger partial charge in [-0.05, 0) is 36.3 Å². The number of hydrogen-bond donors (Lipinski definition) is 2. The minimum atomic E-state index is -0.264. The number of carbonyl (C=O) groups excluding carboxylic acids is 2. The van der Waals surface area contributed by atoms with Crippen LogP contribution in [0.5, 0.6) is 11.5 Å². The van der Waals surface area contributed by atoms with E-state index in [1.807, 2.05) is 47.9 Å². The zero-order valence-corrected chi connectivity index (χ0v) is 20.8. The summed E-state index contributed by atoms with van der Waals surface area (Å²) < 4.78 is 12.4. The van der Waals surface area contributed by atoms with E-state index < -0.39 is 0 Å². The summed E-state index contributed by atoms with van der Waals surface area (Å²) in [6, 6.07) is 15.1. The fourth-order valence-corrected chi connectivity index (χ4v) is 4.06. The van der Waals surface area contributed by atoms with E-state index in [0.29, 0.717) is 35.6 Å². The van der Waals surface area contributed by atoms with Crippen LogP contribution in [-0.4, -0.2) is 46.6 Å². The van der Waals surface area contributed by atoms with Gasteiger partial charge in [-0.15, -0.1) is 10.2 Å². The molecule has 35 heavy (non-hydrogen) atoms. The molecule has 3 aromatic rings. The molecule has 10 heteroatoms. The Labute approximate surface area is 208 Å². The first-order valence-electron chi connectivity index (χ1n) is 11.1. The second kappa shape index (κ2) is 13.2. The highest BCUT2D eigenvalue weighted by Crippen LogP contribution is 2.27. The first-order valence-corrected chi connectivity index (χ1v) is 12.1. The molecular formula is C25H29N5O4S. The number of carbonyl (C=O) groups is 2. The summed E-state index contributed by atoms with van der Waals surface area (Å²) in [5.74, 6) is 1.71. The molecule has 0 spiro atoms. The Morgan fingerprint density at radius 1 is 1.00 bits per heavy atom. The maximum Gasteiger partial charge on any atom is 0.244 e. The molecule has 0 unspecified atom stereocenters. The van der Waals surface area contributed by atoms with Crippen molar-refractivity contribution in [2.75, 3.05) is 20.0 Å². The van der Waals surface area contributed by atoms with E-state index >= 15 is 0 Å². The predicted molar refractivity (Wildman–Crippen MR) is 135 cm³/mol. The van der Waals surface area contributed by atoms with E-state index in [0.717, 1.165) is 11.1 Å². The lowest BCUT2D eigenvalue weighted by Gasteiger charge is -2.08. The van der Waals surface area contributed by atoms with Crippen molar-refractivity contribution in [1.82, 2.24) is 25.4 Å². The standard InChI is InChI=1S/C25H29N5O4S/c1-4-30-22(16-27-23(31)13-11-18-10-12-20(33-2)21(14-18)34-3)28-29-25(30)35-17-24(32)26-15-19-8-6-5-7-9-19/h5-14H,4,15-17H2,1-3H3,(H,26,32)(H,27,31). The largest absolute Gasteiger partial charge is 0.493 e. The van der Waals surface area contributed by atoms with Crippen molar-refractivity contribution < 1.29 is 19.1 Å². The van der Waals surface area contributed by atoms with Gasteiger partial charge in [0.2, 0.25) is 11.8 Å². The molecule has 0 fully saturated rings. The maximum atomic E-state index is 12.3. The van der Waals surface area contributed by atoms with Crippen LogP contribution in [0, 0.1) is 0 Å². The highest BCUT2D eigenvalue weighted by atomic mass is 32.2. The van der Waals surface area contributed by atoms with Gasteiger partial charge in [0.25, 0.3) is 0 Å². The van der Waals surface area contributed by atoms with Crippen LogP contribution in [-0.2, 0) is 29.2 Å². The van der Waals surface area contributed by atoms with Crippen LogP contribution in [0.3, 0.4) is 0 Å². The zero-order valence-electron chi connectivity index (χ0n) is 20.0. The first kappa shape index (κ1) is 25.8. The molecule has 2 aromatic carbocycles. The van der Waals surface area contributed by atoms with E-state index in [2.05, 4.69) is 20.8 Å². The number of aromatic nitrogens is 3. The lowest BCUT2D eigenvalue weighted by Crippen LogP contribution is -2.25. The molecule has 1 aromatic heterocycles. The number of amides is 2. The lowest BCUT2D eigenvalue weighted by atomic mass is 10.2. The Bertz CT molecular complexity index is 1160. The first-order chi connectivity index (χ1) is 17.0. The van der Waals surface area contributed by atoms with Crippen molar-refractivity contribution in [3.63, 3.8) is 0 Å². The molecular weight excluding hydrogens is 466 g/mol. The lowest BCUT2D eigenvalue weighted by molar-refractivity contribution is -0.119. The monoisotopic (exact) mass is 495 g/mol. The fraction of sp³-hybridized carbons (Fsp3) is 0.280. The van der Waals surface area contributed by atoms with Gasteiger partial charge in [0.05, 0.1) is 26.5 Å². The minimum absolute atomic E-state index is 0.0836. The third-order valence-corrected chi connectivity index (χ3v) is 6.00. The summed E-state index contributed by atoms with van der Waals surface area (Å²) in [6.45, 7) is 3.28. The molecule has 0 bridgehead atoms. The number of hydrogen-bond acceptors (Lipinski definition) is 7. The van der Waals surface area contributed by atoms with Crippen molar-refractivity contribution in [2.24, 2.45) is 0 Å². The van der Waals surface area contributed by atoms with E-state index in [1.54, 1.807) is 32.4 Å². The van der Waals surface area contributed by atoms with Crippen molar-refractivity contribution in [3.8, 4) is 11.5 Å². The SMILES string of the molecule is CCn1c(CNC(=O)C=Cc2ccc(OC)c(OC)c2)nnc1SCC(=O)NCc1ccccc1. The van der Waals surface area contributed by atoms with Crippen LogP contribution in [0.4, 0.5) is 0 Å². The van der Waals surface area contributed by atoms with E-state index in [1.165, 1.54) is 17.8 Å². The normalized spacial score (nSPS) is 10.8. The Hall–Kier alpha value is -3.79. The molecule has 2 amide bonds. The van der Waals surface area contributed by atoms with E-state index in [-0.39, 0.29) is 24.1 Å². The molecule has 0 aliphatic rings. The number of ether oxygens (including phenoxy) is 2. The van der Waals surface area contributed by atoms with Crippen LogP contribution >= 0.6 is 11.8 Å². The van der Waals surface area contributed by atoms with Gasteiger partial charge in [0.1, 0.15) is 0 Å². The molecule has 0 aliphatic heterocycles. The molecule has 0 atom stereocenters. The van der Waals surface area contributed by atoms with Gasteiger partial charge in [0, 0.05) is 19.2 Å². The van der Waals surface area contributed by atoms with Gasteiger partial charge in [-0.2, -0.15) is 0 Å². The molecule has 0 saturated heterocycles. The average molecular weight is 496 g/mol. The predicted octanol–water partition coefficient (Wildman–Crippen LogP) is 3.05. The number of thioether (sulfide) groups is 1. The maximum absolute atomic E-state index is 12.3. The van der Waals surface area contributed by atoms with Crippen LogP contribution in [0.1, 0.15) is 23.9 Å². The van der Waals surface area contributed by atoms with Gasteiger partial charge in [-0.25, -0.2) is 0 Å². The van der Waals surface area contributed by atoms with Gasteiger partial charge in [-0.3, -0.25) is 9.59 Å². The van der Waals surface area contributed by atoms with Crippen molar-refractivity contribution in [1.29, 1.82) is 0 Å². The van der Waals surface area contributed by atoms with Gasteiger partial charge in [0.15, 0.2) is 22.5 Å². The summed E-state index contributed by atoms with van der Waals surface area (Å²) in [6.07, 6.45) is 3.14. The highest BCUT2D eigenvalue weighted by molar-refractivity contribution is 7.99. The summed E-state index contributed by atoms with van der Waals surface area (Å²) in [4.78, 5) is 24.5. The molecule has 184 valence electrons. The molecule has 0 saturated carbocycles. The van der Waals surface area contributed by atoms with Crippen LogP contribution < -0.4 is 20.1 Å². The molecule has 9 nitrogen and oxygen atoms in total. The number of benzene rings is 2. The highest BCUT2D eigenvalue weighted by Gasteiger charge is 2.13. The smallest absolute Gasteiger partial charge is 0.244 e. The molecule has 3 rings (SSSR count). The van der Waals surface area contributed by atoms with Crippen molar-refractivity contribution in [3.05, 3.63) is 71.6 Å². The van der Waals surface area contributed by atoms with E-state index in [4.69, 9.17) is 9.47 Å². The third-order valence-electron chi connectivity index (χ3n) is 5.03. The van der Waals surface area contributed by atoms with Gasteiger partial charge < -0.3 is 24.7 Å². The van der Waals surface area contributed by atoms with Gasteiger partial charge in [-0.1, -0.05) is 48.2 Å². The third kappa shape index (κ3) is 7.61. The minimum Gasteiger partial charge on any atom is -0.493 e. The Kier molecular flexibility index (Phi) is 9.73. The van der Waals surface area contributed by atoms with E-state index in [9.17, 15) is 9.59 Å². The molecule has 2 N–H and O–H groups in total. The quantitative estimate of drug-likeness (QED) is 0.294. The second-order valence-electron chi connectivity index (χ2n) is 7.36. The topological polar surface area (TPSA) is 107 Å². The summed E-state index contributed by atoms with van der Waals surface area (Å²) >= 11 is 1.31. The van der Waals surface area contributed by atoms with Crippen LogP contribution in [0.25, 0.3) is 6.08 Å². The summed E-state index contributed by atoms with van der Waals surface area (Å²) in [7, 11) is 3.13. The molecule has 0 radical (unpaired) electrons.